The lowest BCUT2D eigenvalue weighted by Gasteiger charge is -2.15. The number of halogens is 2. The SMILES string of the molecule is CCCOc1cccc(Nc2cc(Br)c(F)cc2C)c1N. The third-order valence-corrected chi connectivity index (χ3v) is 3.67. The van der Waals surface area contributed by atoms with Gasteiger partial charge in [0.05, 0.1) is 22.5 Å². The molecule has 0 aliphatic heterocycles. The van der Waals surface area contributed by atoms with Gasteiger partial charge in [0.25, 0.3) is 0 Å². The molecular weight excluding hydrogens is 335 g/mol. The first-order valence-electron chi connectivity index (χ1n) is 6.77. The average Bonchev–Trinajstić information content (AvgIpc) is 2.45. The van der Waals surface area contributed by atoms with E-state index in [-0.39, 0.29) is 5.82 Å². The van der Waals surface area contributed by atoms with Gasteiger partial charge in [0, 0.05) is 5.69 Å². The molecule has 0 radical (unpaired) electrons. The molecule has 0 saturated heterocycles. The molecule has 2 rings (SSSR count). The zero-order valence-electron chi connectivity index (χ0n) is 12.0. The molecule has 3 nitrogen and oxygen atoms in total. The Bertz CT molecular complexity index is 646. The Kier molecular flexibility index (Phi) is 5.07. The molecule has 0 bridgehead atoms. The molecule has 112 valence electrons. The lowest BCUT2D eigenvalue weighted by Crippen LogP contribution is -2.03. The van der Waals surface area contributed by atoms with Crippen LogP contribution in [0.15, 0.2) is 34.8 Å². The Morgan fingerprint density at radius 3 is 2.76 bits per heavy atom. The van der Waals surface area contributed by atoms with Crippen LogP contribution in [0.4, 0.5) is 21.5 Å². The average molecular weight is 353 g/mol. The highest BCUT2D eigenvalue weighted by Crippen LogP contribution is 2.34. The molecule has 0 amide bonds. The Morgan fingerprint density at radius 2 is 2.05 bits per heavy atom. The largest absolute Gasteiger partial charge is 0.491 e. The maximum Gasteiger partial charge on any atom is 0.144 e. The van der Waals surface area contributed by atoms with E-state index in [1.54, 1.807) is 6.07 Å². The summed E-state index contributed by atoms with van der Waals surface area (Å²) in [5.74, 6) is 0.367. The van der Waals surface area contributed by atoms with Crippen LogP contribution in [0.3, 0.4) is 0 Å². The predicted molar refractivity (Wildman–Crippen MR) is 88.8 cm³/mol. The Hall–Kier alpha value is -1.75. The third kappa shape index (κ3) is 3.67. The fourth-order valence-corrected chi connectivity index (χ4v) is 2.26. The number of ether oxygens (including phenoxy) is 1. The summed E-state index contributed by atoms with van der Waals surface area (Å²) >= 11 is 3.19. The zero-order valence-corrected chi connectivity index (χ0v) is 13.6. The first-order chi connectivity index (χ1) is 10.0. The molecule has 2 aromatic carbocycles. The summed E-state index contributed by atoms with van der Waals surface area (Å²) in [6.07, 6.45) is 0.918. The zero-order chi connectivity index (χ0) is 15.4. The molecule has 0 saturated carbocycles. The first kappa shape index (κ1) is 15.6. The van der Waals surface area contributed by atoms with Crippen LogP contribution in [0.5, 0.6) is 5.75 Å². The molecule has 5 heteroatoms. The smallest absolute Gasteiger partial charge is 0.144 e. The van der Waals surface area contributed by atoms with Crippen molar-refractivity contribution in [1.29, 1.82) is 0 Å². The number of anilines is 3. The number of nitrogen functional groups attached to an aromatic ring is 1. The summed E-state index contributed by atoms with van der Waals surface area (Å²) < 4.78 is 19.5. The Labute approximate surface area is 132 Å². The molecule has 0 atom stereocenters. The van der Waals surface area contributed by atoms with Crippen molar-refractivity contribution in [1.82, 2.24) is 0 Å². The van der Waals surface area contributed by atoms with Gasteiger partial charge < -0.3 is 15.8 Å². The van der Waals surface area contributed by atoms with E-state index >= 15 is 0 Å². The second-order valence-electron chi connectivity index (χ2n) is 4.77. The minimum atomic E-state index is -0.286. The molecular formula is C16H18BrFN2O. The van der Waals surface area contributed by atoms with Gasteiger partial charge >= 0.3 is 0 Å². The van der Waals surface area contributed by atoms with Gasteiger partial charge in [-0.1, -0.05) is 13.0 Å². The standard InChI is InChI=1S/C16H18BrFN2O/c1-3-7-21-15-6-4-5-13(16(15)19)20-14-9-11(17)12(18)8-10(14)2/h4-6,8-9,20H,3,7,19H2,1-2H3. The second kappa shape index (κ2) is 6.80. The lowest BCUT2D eigenvalue weighted by atomic mass is 10.1. The van der Waals surface area contributed by atoms with Crippen molar-refractivity contribution < 1.29 is 9.13 Å². The fraction of sp³-hybridized carbons (Fsp3) is 0.250. The summed E-state index contributed by atoms with van der Waals surface area (Å²) in [6.45, 7) is 4.50. The minimum Gasteiger partial charge on any atom is -0.491 e. The van der Waals surface area contributed by atoms with E-state index in [2.05, 4.69) is 21.2 Å². The van der Waals surface area contributed by atoms with E-state index in [9.17, 15) is 4.39 Å². The van der Waals surface area contributed by atoms with Gasteiger partial charge in [-0.15, -0.1) is 0 Å². The van der Waals surface area contributed by atoms with Gasteiger partial charge in [-0.2, -0.15) is 0 Å². The van der Waals surface area contributed by atoms with E-state index in [0.717, 1.165) is 23.4 Å². The van der Waals surface area contributed by atoms with Crippen LogP contribution in [-0.4, -0.2) is 6.61 Å². The number of rotatable bonds is 5. The number of aryl methyl sites for hydroxylation is 1. The van der Waals surface area contributed by atoms with Crippen LogP contribution in [-0.2, 0) is 0 Å². The first-order valence-corrected chi connectivity index (χ1v) is 7.56. The summed E-state index contributed by atoms with van der Waals surface area (Å²) in [5, 5.41) is 3.22. The molecule has 0 aromatic heterocycles. The number of nitrogens with one attached hydrogen (secondary N) is 1. The van der Waals surface area contributed by atoms with E-state index in [0.29, 0.717) is 22.5 Å². The summed E-state index contributed by atoms with van der Waals surface area (Å²) in [6, 6.07) is 8.75. The number of hydrogen-bond donors (Lipinski definition) is 2. The van der Waals surface area contributed by atoms with Crippen LogP contribution in [0.1, 0.15) is 18.9 Å². The molecule has 0 heterocycles. The normalized spacial score (nSPS) is 10.5. The molecule has 0 spiro atoms. The fourth-order valence-electron chi connectivity index (χ4n) is 1.92. The highest BCUT2D eigenvalue weighted by molar-refractivity contribution is 9.10. The number of nitrogens with two attached hydrogens (primary N) is 1. The molecule has 0 aliphatic rings. The number of hydrogen-bond acceptors (Lipinski definition) is 3. The van der Waals surface area contributed by atoms with Crippen LogP contribution in [0.2, 0.25) is 0 Å². The predicted octanol–water partition coefficient (Wildman–Crippen LogP) is 5.01. The number of para-hydroxylation sites is 1. The van der Waals surface area contributed by atoms with Crippen LogP contribution in [0, 0.1) is 12.7 Å². The van der Waals surface area contributed by atoms with Crippen molar-refractivity contribution in [2.24, 2.45) is 0 Å². The van der Waals surface area contributed by atoms with E-state index in [4.69, 9.17) is 10.5 Å². The van der Waals surface area contributed by atoms with Crippen molar-refractivity contribution in [3.8, 4) is 5.75 Å². The van der Waals surface area contributed by atoms with Gasteiger partial charge in [-0.3, -0.25) is 0 Å². The Morgan fingerprint density at radius 1 is 1.29 bits per heavy atom. The van der Waals surface area contributed by atoms with Gasteiger partial charge in [0.1, 0.15) is 11.6 Å². The molecule has 2 aromatic rings. The monoisotopic (exact) mass is 352 g/mol. The maximum absolute atomic E-state index is 13.5. The van der Waals surface area contributed by atoms with Crippen molar-refractivity contribution in [2.45, 2.75) is 20.3 Å². The highest BCUT2D eigenvalue weighted by Gasteiger charge is 2.09. The topological polar surface area (TPSA) is 47.3 Å². The third-order valence-electron chi connectivity index (χ3n) is 3.06. The lowest BCUT2D eigenvalue weighted by molar-refractivity contribution is 0.319. The van der Waals surface area contributed by atoms with Crippen molar-refractivity contribution in [2.75, 3.05) is 17.7 Å². The van der Waals surface area contributed by atoms with Gasteiger partial charge in [0.2, 0.25) is 0 Å². The minimum absolute atomic E-state index is 0.286. The Balaban J connectivity index is 2.29. The highest BCUT2D eigenvalue weighted by atomic mass is 79.9. The van der Waals surface area contributed by atoms with E-state index in [1.807, 2.05) is 32.0 Å². The summed E-state index contributed by atoms with van der Waals surface area (Å²) in [7, 11) is 0. The van der Waals surface area contributed by atoms with Crippen LogP contribution in [0.25, 0.3) is 0 Å². The maximum atomic E-state index is 13.5. The molecule has 0 aliphatic carbocycles. The number of benzene rings is 2. The molecule has 21 heavy (non-hydrogen) atoms. The van der Waals surface area contributed by atoms with Crippen LogP contribution >= 0.6 is 15.9 Å². The van der Waals surface area contributed by atoms with Gasteiger partial charge in [0.15, 0.2) is 0 Å². The van der Waals surface area contributed by atoms with E-state index < -0.39 is 0 Å². The van der Waals surface area contributed by atoms with Crippen molar-refractivity contribution >= 4 is 33.0 Å². The van der Waals surface area contributed by atoms with Gasteiger partial charge in [-0.05, 0) is 59.1 Å². The molecule has 3 N–H and O–H groups in total. The van der Waals surface area contributed by atoms with Crippen molar-refractivity contribution in [3.05, 3.63) is 46.2 Å². The summed E-state index contributed by atoms with van der Waals surface area (Å²) in [5.41, 5.74) is 9.00. The summed E-state index contributed by atoms with van der Waals surface area (Å²) in [4.78, 5) is 0. The quantitative estimate of drug-likeness (QED) is 0.743. The molecule has 0 fully saturated rings. The van der Waals surface area contributed by atoms with Gasteiger partial charge in [-0.25, -0.2) is 4.39 Å². The van der Waals surface area contributed by atoms with E-state index in [1.165, 1.54) is 6.07 Å². The molecule has 0 unspecified atom stereocenters. The second-order valence-corrected chi connectivity index (χ2v) is 5.63. The van der Waals surface area contributed by atoms with Crippen LogP contribution < -0.4 is 15.8 Å². The van der Waals surface area contributed by atoms with Crippen molar-refractivity contribution in [3.63, 3.8) is 0 Å².